The smallest absolute Gasteiger partial charge is 0.397 e. The summed E-state index contributed by atoms with van der Waals surface area (Å²) in [6.45, 7) is -0.938. The van der Waals surface area contributed by atoms with Crippen molar-refractivity contribution in [2.75, 3.05) is 12.4 Å². The molecule has 5 N–H and O–H groups in total. The molecule has 20 heteroatoms. The maximum Gasteiger partial charge on any atom is 0.397 e. The number of fused-ring (bicyclic) bond motifs is 1. The van der Waals surface area contributed by atoms with Gasteiger partial charge in [0.2, 0.25) is 0 Å². The fourth-order valence-corrected chi connectivity index (χ4v) is 5.67. The molecule has 0 saturated carbocycles. The van der Waals surface area contributed by atoms with Crippen LogP contribution in [0.1, 0.15) is 0 Å². The van der Waals surface area contributed by atoms with Crippen molar-refractivity contribution in [3.63, 3.8) is 0 Å². The van der Waals surface area contributed by atoms with Crippen molar-refractivity contribution in [2.24, 2.45) is 10.2 Å². The minimum atomic E-state index is -5.10. The second-order valence-electron chi connectivity index (χ2n) is 7.32. The number of sulfone groups is 1. The molecule has 206 valence electrons. The van der Waals surface area contributed by atoms with E-state index in [4.69, 9.17) is 4.55 Å². The summed E-state index contributed by atoms with van der Waals surface area (Å²) >= 11 is 0. The lowest BCUT2D eigenvalue weighted by Crippen LogP contribution is -2.15. The summed E-state index contributed by atoms with van der Waals surface area (Å²) in [5.41, 5.74) is -1.17. The minimum Gasteiger partial charge on any atom is -0.506 e. The van der Waals surface area contributed by atoms with Crippen molar-refractivity contribution in [3.8, 4) is 11.5 Å². The molecular weight excluding hydrogens is 596 g/mol. The second-order valence-corrected chi connectivity index (χ2v) is 13.3. The largest absolute Gasteiger partial charge is 0.506 e. The van der Waals surface area contributed by atoms with Gasteiger partial charge in [-0.2, -0.15) is 25.3 Å². The first-order valence-electron chi connectivity index (χ1n) is 9.64. The predicted molar refractivity (Wildman–Crippen MR) is 127 cm³/mol. The average Bonchev–Trinajstić information content (AvgIpc) is 2.76. The molecule has 0 radical (unpaired) electrons. The predicted octanol–water partition coefficient (Wildman–Crippen LogP) is 1.75. The van der Waals surface area contributed by atoms with Gasteiger partial charge in [-0.3, -0.25) is 13.7 Å². The monoisotopic (exact) mass is 612 g/mol. The number of benzene rings is 3. The van der Waals surface area contributed by atoms with Gasteiger partial charge < -0.3 is 10.2 Å². The number of phenols is 2. The summed E-state index contributed by atoms with van der Waals surface area (Å²) in [4.78, 5) is -2.26. The number of nitrogens with zero attached hydrogens (tertiary/aromatic N) is 2. The zero-order chi connectivity index (χ0) is 28.7. The number of rotatable bonds is 9. The molecule has 0 aliphatic rings. The highest BCUT2D eigenvalue weighted by Crippen LogP contribution is 2.42. The van der Waals surface area contributed by atoms with Gasteiger partial charge in [0.15, 0.2) is 15.6 Å². The van der Waals surface area contributed by atoms with Gasteiger partial charge in [0.25, 0.3) is 20.2 Å². The SMILES string of the molecule is O=S(=O)(O)OCCS(=O)(=O)c1ccc(O)c(/N=N/c2c(O)c(S(=O)(=O)O)cc3cc(S(=O)(=O)O)ccc23)c1. The van der Waals surface area contributed by atoms with E-state index in [1.165, 1.54) is 0 Å². The minimum absolute atomic E-state index is 0.128. The summed E-state index contributed by atoms with van der Waals surface area (Å²) in [5, 5.41) is 27.4. The van der Waals surface area contributed by atoms with Crippen LogP contribution >= 0.6 is 0 Å². The number of aromatic hydroxyl groups is 2. The third-order valence-electron chi connectivity index (χ3n) is 4.75. The number of azo groups is 1. The van der Waals surface area contributed by atoms with E-state index in [1.54, 1.807) is 0 Å². The van der Waals surface area contributed by atoms with Gasteiger partial charge in [0, 0.05) is 5.39 Å². The highest BCUT2D eigenvalue weighted by molar-refractivity contribution is 7.91. The van der Waals surface area contributed by atoms with E-state index in [-0.39, 0.29) is 10.8 Å². The molecule has 3 aromatic rings. The van der Waals surface area contributed by atoms with Crippen LogP contribution in [0.2, 0.25) is 0 Å². The van der Waals surface area contributed by atoms with E-state index in [1.807, 2.05) is 0 Å². The first-order valence-corrected chi connectivity index (χ1v) is 15.5. The Morgan fingerprint density at radius 3 is 1.95 bits per heavy atom. The molecule has 0 bridgehead atoms. The fraction of sp³-hybridized carbons (Fsp3) is 0.111. The van der Waals surface area contributed by atoms with Crippen LogP contribution < -0.4 is 0 Å². The maximum atomic E-state index is 12.4. The molecule has 38 heavy (non-hydrogen) atoms. The van der Waals surface area contributed by atoms with E-state index >= 15 is 0 Å². The fourth-order valence-electron chi connectivity index (χ4n) is 3.04. The van der Waals surface area contributed by atoms with Crippen LogP contribution in [0.5, 0.6) is 11.5 Å². The third kappa shape index (κ3) is 6.79. The first kappa shape index (κ1) is 29.3. The number of phenolic OH excluding ortho intramolecular Hbond substituents is 2. The summed E-state index contributed by atoms with van der Waals surface area (Å²) in [6, 6.07) is 6.04. The van der Waals surface area contributed by atoms with E-state index in [9.17, 15) is 53.0 Å². The van der Waals surface area contributed by atoms with E-state index in [0.29, 0.717) is 6.07 Å². The Morgan fingerprint density at radius 1 is 0.737 bits per heavy atom. The van der Waals surface area contributed by atoms with Gasteiger partial charge in [-0.1, -0.05) is 6.07 Å². The molecular formula is C18H16N2O14S4. The van der Waals surface area contributed by atoms with Gasteiger partial charge in [0.05, 0.1) is 22.2 Å². The summed E-state index contributed by atoms with van der Waals surface area (Å²) in [6.07, 6.45) is 0. The van der Waals surface area contributed by atoms with Crippen LogP contribution in [0.3, 0.4) is 0 Å². The molecule has 0 atom stereocenters. The molecule has 0 spiro atoms. The van der Waals surface area contributed by atoms with Crippen molar-refractivity contribution in [2.45, 2.75) is 14.7 Å². The Labute approximate surface area is 215 Å². The van der Waals surface area contributed by atoms with Crippen molar-refractivity contribution >= 4 is 62.6 Å². The Bertz CT molecular complexity index is 1900. The standard InChI is InChI=1S/C18H16N2O14S4/c21-15-4-2-11(35(23,24)6-5-34-38(31,32)33)9-14(15)19-20-17-13-3-1-12(36(25,26)27)7-10(13)8-16(18(17)22)37(28,29)30/h1-4,7-9,21-22H,5-6H2,(H,25,26,27)(H,28,29,30)(H,31,32,33)/b20-19+. The quantitative estimate of drug-likeness (QED) is 0.170. The summed E-state index contributed by atoms with van der Waals surface area (Å²) < 4.78 is 124. The molecule has 3 rings (SSSR count). The van der Waals surface area contributed by atoms with Crippen LogP contribution in [0.4, 0.5) is 11.4 Å². The van der Waals surface area contributed by atoms with Crippen LogP contribution in [0, 0.1) is 0 Å². The van der Waals surface area contributed by atoms with Crippen molar-refractivity contribution in [3.05, 3.63) is 42.5 Å². The van der Waals surface area contributed by atoms with E-state index < -0.39 is 90.4 Å². The summed E-state index contributed by atoms with van der Waals surface area (Å²) in [7, 11) is -19.0. The number of hydrogen-bond donors (Lipinski definition) is 5. The molecule has 0 fully saturated rings. The lowest BCUT2D eigenvalue weighted by Gasteiger charge is -2.10. The Balaban J connectivity index is 2.14. The summed E-state index contributed by atoms with van der Waals surface area (Å²) in [5.74, 6) is -2.68. The van der Waals surface area contributed by atoms with Crippen molar-refractivity contribution < 1.29 is 61.7 Å². The zero-order valence-corrected chi connectivity index (χ0v) is 21.7. The van der Waals surface area contributed by atoms with Crippen LogP contribution in [0.25, 0.3) is 10.8 Å². The van der Waals surface area contributed by atoms with Gasteiger partial charge in [-0.25, -0.2) is 12.6 Å². The molecule has 0 saturated heterocycles. The molecule has 16 nitrogen and oxygen atoms in total. The topological polar surface area (TPSA) is 272 Å². The molecule has 0 aliphatic heterocycles. The molecule has 0 aromatic heterocycles. The molecule has 0 amide bonds. The van der Waals surface area contributed by atoms with Gasteiger partial charge >= 0.3 is 10.4 Å². The maximum absolute atomic E-state index is 12.4. The van der Waals surface area contributed by atoms with Crippen LogP contribution in [0.15, 0.2) is 67.4 Å². The number of hydrogen-bond acceptors (Lipinski definition) is 13. The Hall–Kier alpha value is -3.24. The van der Waals surface area contributed by atoms with Gasteiger partial charge in [-0.15, -0.1) is 10.2 Å². The molecule has 3 aromatic carbocycles. The first-order chi connectivity index (χ1) is 17.3. The second kappa shape index (κ2) is 10.1. The van der Waals surface area contributed by atoms with Crippen LogP contribution in [-0.4, -0.2) is 69.9 Å². The molecule has 0 heterocycles. The zero-order valence-electron chi connectivity index (χ0n) is 18.4. The molecule has 0 aliphatic carbocycles. The van der Waals surface area contributed by atoms with Gasteiger partial charge in [-0.05, 0) is 41.8 Å². The van der Waals surface area contributed by atoms with Crippen LogP contribution in [-0.2, 0) is 44.7 Å². The lowest BCUT2D eigenvalue weighted by atomic mass is 10.1. The Morgan fingerprint density at radius 2 is 1.37 bits per heavy atom. The van der Waals surface area contributed by atoms with E-state index in [2.05, 4.69) is 14.4 Å². The van der Waals surface area contributed by atoms with E-state index in [0.717, 1.165) is 36.4 Å². The molecule has 0 unspecified atom stereocenters. The van der Waals surface area contributed by atoms with Crippen molar-refractivity contribution in [1.82, 2.24) is 0 Å². The third-order valence-corrected chi connectivity index (χ3v) is 8.60. The normalized spacial score (nSPS) is 13.3. The highest BCUT2D eigenvalue weighted by atomic mass is 32.3. The van der Waals surface area contributed by atoms with Gasteiger partial charge in [0.1, 0.15) is 22.0 Å². The average molecular weight is 613 g/mol. The Kier molecular flexibility index (Phi) is 7.83. The van der Waals surface area contributed by atoms with Crippen molar-refractivity contribution in [1.29, 1.82) is 0 Å². The highest BCUT2D eigenvalue weighted by Gasteiger charge is 2.23. The lowest BCUT2D eigenvalue weighted by molar-refractivity contribution is 0.284.